The Morgan fingerprint density at radius 3 is 1.88 bits per heavy atom. The zero-order valence-corrected chi connectivity index (χ0v) is 11.1. The standard InChI is InChI=1S/C14H21NO/c1-9-7-10(2)12(11(3)8-9)15-13(16)14(4,5)6/h7-8H,1-6H3,(H,15,16). The highest BCUT2D eigenvalue weighted by atomic mass is 16.2. The number of carbonyl (C=O) groups excluding carboxylic acids is 1. The minimum absolute atomic E-state index is 0.0579. The van der Waals surface area contributed by atoms with Crippen LogP contribution in [0.5, 0.6) is 0 Å². The van der Waals surface area contributed by atoms with Gasteiger partial charge in [0.1, 0.15) is 0 Å². The van der Waals surface area contributed by atoms with Gasteiger partial charge in [-0.05, 0) is 31.9 Å². The van der Waals surface area contributed by atoms with Crippen LogP contribution in [-0.2, 0) is 4.79 Å². The van der Waals surface area contributed by atoms with Crippen LogP contribution in [0.1, 0.15) is 37.5 Å². The molecule has 1 N–H and O–H groups in total. The number of anilines is 1. The third kappa shape index (κ3) is 2.84. The van der Waals surface area contributed by atoms with Crippen molar-refractivity contribution in [1.29, 1.82) is 0 Å². The molecule has 0 saturated carbocycles. The van der Waals surface area contributed by atoms with Crippen LogP contribution in [0.3, 0.4) is 0 Å². The molecule has 0 bridgehead atoms. The predicted molar refractivity (Wildman–Crippen MR) is 68.7 cm³/mol. The van der Waals surface area contributed by atoms with Crippen molar-refractivity contribution in [3.63, 3.8) is 0 Å². The summed E-state index contributed by atoms with van der Waals surface area (Å²) in [5, 5.41) is 3.01. The summed E-state index contributed by atoms with van der Waals surface area (Å²) in [5.41, 5.74) is 4.06. The van der Waals surface area contributed by atoms with Crippen molar-refractivity contribution in [2.75, 3.05) is 5.32 Å². The summed E-state index contributed by atoms with van der Waals surface area (Å²) in [7, 11) is 0. The topological polar surface area (TPSA) is 29.1 Å². The van der Waals surface area contributed by atoms with E-state index in [9.17, 15) is 4.79 Å². The van der Waals surface area contributed by atoms with Crippen molar-refractivity contribution < 1.29 is 4.79 Å². The molecule has 0 atom stereocenters. The van der Waals surface area contributed by atoms with Gasteiger partial charge in [0.05, 0.1) is 0 Å². The largest absolute Gasteiger partial charge is 0.325 e. The lowest BCUT2D eigenvalue weighted by molar-refractivity contribution is -0.123. The van der Waals surface area contributed by atoms with Gasteiger partial charge in [-0.3, -0.25) is 4.79 Å². The molecule has 0 unspecified atom stereocenters. The molecule has 0 aromatic heterocycles. The van der Waals surface area contributed by atoms with Gasteiger partial charge in [-0.1, -0.05) is 38.5 Å². The average Bonchev–Trinajstić information content (AvgIpc) is 2.08. The van der Waals surface area contributed by atoms with Crippen molar-refractivity contribution >= 4 is 11.6 Å². The molecular weight excluding hydrogens is 198 g/mol. The van der Waals surface area contributed by atoms with E-state index in [1.54, 1.807) is 0 Å². The van der Waals surface area contributed by atoms with Gasteiger partial charge in [0.25, 0.3) is 0 Å². The molecule has 0 saturated heterocycles. The van der Waals surface area contributed by atoms with Crippen LogP contribution in [0, 0.1) is 26.2 Å². The maximum atomic E-state index is 11.9. The zero-order chi connectivity index (χ0) is 12.5. The summed E-state index contributed by atoms with van der Waals surface area (Å²) in [4.78, 5) is 11.9. The molecule has 88 valence electrons. The number of rotatable bonds is 1. The smallest absolute Gasteiger partial charge is 0.229 e. The van der Waals surface area contributed by atoms with Crippen LogP contribution in [-0.4, -0.2) is 5.91 Å². The fraction of sp³-hybridized carbons (Fsp3) is 0.500. The molecule has 0 heterocycles. The Labute approximate surface area is 98.1 Å². The summed E-state index contributed by atoms with van der Waals surface area (Å²) in [5.74, 6) is 0.0579. The van der Waals surface area contributed by atoms with Crippen LogP contribution >= 0.6 is 0 Å². The van der Waals surface area contributed by atoms with Gasteiger partial charge in [0.2, 0.25) is 5.91 Å². The number of nitrogens with one attached hydrogen (secondary N) is 1. The highest BCUT2D eigenvalue weighted by Crippen LogP contribution is 2.24. The van der Waals surface area contributed by atoms with Gasteiger partial charge in [-0.15, -0.1) is 0 Å². The minimum Gasteiger partial charge on any atom is -0.325 e. The van der Waals surface area contributed by atoms with E-state index >= 15 is 0 Å². The molecule has 2 nitrogen and oxygen atoms in total. The fourth-order valence-corrected chi connectivity index (χ4v) is 1.68. The molecule has 1 rings (SSSR count). The fourth-order valence-electron chi connectivity index (χ4n) is 1.68. The van der Waals surface area contributed by atoms with Gasteiger partial charge < -0.3 is 5.32 Å². The Morgan fingerprint density at radius 1 is 1.06 bits per heavy atom. The SMILES string of the molecule is Cc1cc(C)c(NC(=O)C(C)(C)C)c(C)c1. The number of hydrogen-bond acceptors (Lipinski definition) is 1. The number of carbonyl (C=O) groups is 1. The zero-order valence-electron chi connectivity index (χ0n) is 11.1. The number of aryl methyl sites for hydroxylation is 3. The molecular formula is C14H21NO. The molecule has 1 aromatic carbocycles. The van der Waals surface area contributed by atoms with Crippen LogP contribution in [0.25, 0.3) is 0 Å². The Bertz CT molecular complexity index is 390. The monoisotopic (exact) mass is 219 g/mol. The molecule has 0 spiro atoms. The Balaban J connectivity index is 3.03. The summed E-state index contributed by atoms with van der Waals surface area (Å²) in [6, 6.07) is 4.18. The van der Waals surface area contributed by atoms with Gasteiger partial charge in [-0.25, -0.2) is 0 Å². The maximum Gasteiger partial charge on any atom is 0.229 e. The first-order valence-corrected chi connectivity index (χ1v) is 5.61. The molecule has 2 heteroatoms. The first-order valence-electron chi connectivity index (χ1n) is 5.61. The second-order valence-electron chi connectivity index (χ2n) is 5.48. The lowest BCUT2D eigenvalue weighted by Gasteiger charge is -2.20. The normalized spacial score (nSPS) is 11.4. The van der Waals surface area contributed by atoms with E-state index in [-0.39, 0.29) is 11.3 Å². The molecule has 0 aliphatic heterocycles. The van der Waals surface area contributed by atoms with Crippen molar-refractivity contribution in [2.24, 2.45) is 5.41 Å². The van der Waals surface area contributed by atoms with Crippen molar-refractivity contribution in [1.82, 2.24) is 0 Å². The van der Waals surface area contributed by atoms with Crippen LogP contribution in [0.2, 0.25) is 0 Å². The third-order valence-corrected chi connectivity index (χ3v) is 2.60. The highest BCUT2D eigenvalue weighted by Gasteiger charge is 2.22. The van der Waals surface area contributed by atoms with E-state index < -0.39 is 0 Å². The van der Waals surface area contributed by atoms with Gasteiger partial charge in [0.15, 0.2) is 0 Å². The first kappa shape index (κ1) is 12.8. The number of hydrogen-bond donors (Lipinski definition) is 1. The Kier molecular flexibility index (Phi) is 3.41. The Hall–Kier alpha value is -1.31. The van der Waals surface area contributed by atoms with Crippen molar-refractivity contribution in [2.45, 2.75) is 41.5 Å². The lowest BCUT2D eigenvalue weighted by Crippen LogP contribution is -2.28. The van der Waals surface area contributed by atoms with Crippen LogP contribution < -0.4 is 5.32 Å². The highest BCUT2D eigenvalue weighted by molar-refractivity contribution is 5.95. The number of amides is 1. The maximum absolute atomic E-state index is 11.9. The molecule has 0 radical (unpaired) electrons. The minimum atomic E-state index is -0.357. The second kappa shape index (κ2) is 4.28. The Morgan fingerprint density at radius 2 is 1.50 bits per heavy atom. The van der Waals surface area contributed by atoms with Crippen LogP contribution in [0.4, 0.5) is 5.69 Å². The lowest BCUT2D eigenvalue weighted by atomic mass is 9.95. The molecule has 0 aliphatic rings. The van der Waals surface area contributed by atoms with E-state index in [2.05, 4.69) is 24.4 Å². The van der Waals surface area contributed by atoms with Gasteiger partial charge >= 0.3 is 0 Å². The molecule has 1 aromatic rings. The average molecular weight is 219 g/mol. The van der Waals surface area contributed by atoms with E-state index in [1.165, 1.54) is 5.56 Å². The van der Waals surface area contributed by atoms with Gasteiger partial charge in [-0.2, -0.15) is 0 Å². The summed E-state index contributed by atoms with van der Waals surface area (Å²) < 4.78 is 0. The van der Waals surface area contributed by atoms with Gasteiger partial charge in [0, 0.05) is 11.1 Å². The molecule has 16 heavy (non-hydrogen) atoms. The second-order valence-corrected chi connectivity index (χ2v) is 5.48. The molecule has 1 amide bonds. The first-order chi connectivity index (χ1) is 7.21. The van der Waals surface area contributed by atoms with E-state index in [1.807, 2.05) is 34.6 Å². The van der Waals surface area contributed by atoms with Crippen LogP contribution in [0.15, 0.2) is 12.1 Å². The summed E-state index contributed by atoms with van der Waals surface area (Å²) >= 11 is 0. The quantitative estimate of drug-likeness (QED) is 0.768. The molecule has 0 aliphatic carbocycles. The summed E-state index contributed by atoms with van der Waals surface area (Å²) in [6.45, 7) is 11.9. The van der Waals surface area contributed by atoms with E-state index in [0.29, 0.717) is 0 Å². The predicted octanol–water partition coefficient (Wildman–Crippen LogP) is 3.60. The third-order valence-electron chi connectivity index (χ3n) is 2.60. The van der Waals surface area contributed by atoms with E-state index in [0.717, 1.165) is 16.8 Å². The summed E-state index contributed by atoms with van der Waals surface area (Å²) in [6.07, 6.45) is 0. The molecule has 0 fully saturated rings. The van der Waals surface area contributed by atoms with Crippen molar-refractivity contribution in [3.8, 4) is 0 Å². The van der Waals surface area contributed by atoms with E-state index in [4.69, 9.17) is 0 Å². The number of benzene rings is 1. The van der Waals surface area contributed by atoms with Crippen molar-refractivity contribution in [3.05, 3.63) is 28.8 Å².